The van der Waals surface area contributed by atoms with Gasteiger partial charge >= 0.3 is 0 Å². The van der Waals surface area contributed by atoms with Crippen molar-refractivity contribution in [1.29, 1.82) is 0 Å². The molecule has 2 aliphatic carbocycles. The Hall–Kier alpha value is -1.12. The van der Waals surface area contributed by atoms with Crippen molar-refractivity contribution in [1.82, 2.24) is 9.97 Å². The van der Waals surface area contributed by atoms with Gasteiger partial charge in [0.25, 0.3) is 0 Å². The van der Waals surface area contributed by atoms with Crippen LogP contribution in [-0.2, 0) is 0 Å². The fraction of sp³-hybridized carbons (Fsp3) is 0.636. The first-order chi connectivity index (χ1) is 6.84. The van der Waals surface area contributed by atoms with Crippen LogP contribution in [0, 0.1) is 18.8 Å². The van der Waals surface area contributed by atoms with Gasteiger partial charge in [-0.1, -0.05) is 0 Å². The van der Waals surface area contributed by atoms with Crippen molar-refractivity contribution in [3.8, 4) is 0 Å². The minimum atomic E-state index is 0.679. The molecule has 3 heteroatoms. The van der Waals surface area contributed by atoms with E-state index in [1.165, 1.54) is 19.3 Å². The molecule has 2 aliphatic rings. The predicted octanol–water partition coefficient (Wildman–Crippen LogP) is 2.00. The zero-order chi connectivity index (χ0) is 9.54. The lowest BCUT2D eigenvalue weighted by molar-refractivity contribution is 0.696. The van der Waals surface area contributed by atoms with Gasteiger partial charge in [-0.2, -0.15) is 0 Å². The van der Waals surface area contributed by atoms with Crippen molar-refractivity contribution in [2.75, 3.05) is 5.32 Å². The molecule has 74 valence electrons. The van der Waals surface area contributed by atoms with Gasteiger partial charge in [-0.3, -0.25) is 4.98 Å². The van der Waals surface area contributed by atoms with Crippen LogP contribution >= 0.6 is 0 Å². The third-order valence-electron chi connectivity index (χ3n) is 3.27. The number of aromatic nitrogens is 2. The molecule has 2 atom stereocenters. The first-order valence-corrected chi connectivity index (χ1v) is 5.39. The van der Waals surface area contributed by atoms with Crippen molar-refractivity contribution < 1.29 is 0 Å². The summed E-state index contributed by atoms with van der Waals surface area (Å²) < 4.78 is 0. The molecule has 3 rings (SSSR count). The van der Waals surface area contributed by atoms with E-state index in [-0.39, 0.29) is 0 Å². The van der Waals surface area contributed by atoms with Gasteiger partial charge in [-0.05, 0) is 38.0 Å². The van der Waals surface area contributed by atoms with Crippen LogP contribution < -0.4 is 5.32 Å². The number of nitrogens with zero attached hydrogens (tertiary/aromatic N) is 2. The van der Waals surface area contributed by atoms with E-state index < -0.39 is 0 Å². The molecule has 2 saturated carbocycles. The highest BCUT2D eigenvalue weighted by molar-refractivity contribution is 5.41. The van der Waals surface area contributed by atoms with E-state index in [1.807, 2.05) is 6.92 Å². The lowest BCUT2D eigenvalue weighted by atomic mass is 10.2. The highest BCUT2D eigenvalue weighted by atomic mass is 15.1. The molecule has 0 saturated heterocycles. The molecule has 2 fully saturated rings. The lowest BCUT2D eigenvalue weighted by Gasteiger charge is -2.06. The Morgan fingerprint density at radius 3 is 2.79 bits per heavy atom. The van der Waals surface area contributed by atoms with E-state index in [1.54, 1.807) is 12.4 Å². The summed E-state index contributed by atoms with van der Waals surface area (Å²) in [4.78, 5) is 8.52. The average Bonchev–Trinajstić information content (AvgIpc) is 2.97. The van der Waals surface area contributed by atoms with Crippen molar-refractivity contribution >= 4 is 5.82 Å². The second-order valence-electron chi connectivity index (χ2n) is 4.48. The predicted molar refractivity (Wildman–Crippen MR) is 55.0 cm³/mol. The molecule has 0 aliphatic heterocycles. The van der Waals surface area contributed by atoms with Gasteiger partial charge in [-0.15, -0.1) is 0 Å². The maximum Gasteiger partial charge on any atom is 0.147 e. The molecule has 0 bridgehead atoms. The third-order valence-corrected chi connectivity index (χ3v) is 3.27. The fourth-order valence-corrected chi connectivity index (χ4v) is 2.15. The number of hydrogen-bond donors (Lipinski definition) is 1. The second-order valence-corrected chi connectivity index (χ2v) is 4.48. The maximum atomic E-state index is 4.30. The summed E-state index contributed by atoms with van der Waals surface area (Å²) in [7, 11) is 0. The van der Waals surface area contributed by atoms with Gasteiger partial charge in [0.2, 0.25) is 0 Å². The Bertz CT molecular complexity index is 346. The van der Waals surface area contributed by atoms with Gasteiger partial charge in [0.1, 0.15) is 5.82 Å². The topological polar surface area (TPSA) is 37.8 Å². The van der Waals surface area contributed by atoms with Crippen LogP contribution in [0.5, 0.6) is 0 Å². The maximum absolute atomic E-state index is 4.30. The molecule has 0 spiro atoms. The van der Waals surface area contributed by atoms with Gasteiger partial charge < -0.3 is 5.32 Å². The summed E-state index contributed by atoms with van der Waals surface area (Å²) in [6.45, 7) is 2.00. The summed E-state index contributed by atoms with van der Waals surface area (Å²) in [5.41, 5.74) is 1.01. The number of hydrogen-bond acceptors (Lipinski definition) is 3. The molecule has 1 N–H and O–H groups in total. The monoisotopic (exact) mass is 189 g/mol. The Labute approximate surface area is 84.0 Å². The van der Waals surface area contributed by atoms with Crippen LogP contribution in [-0.4, -0.2) is 16.0 Å². The molecule has 1 aromatic rings. The molecule has 14 heavy (non-hydrogen) atoms. The number of nitrogens with one attached hydrogen (secondary N) is 1. The smallest absolute Gasteiger partial charge is 0.147 e. The van der Waals surface area contributed by atoms with E-state index in [9.17, 15) is 0 Å². The van der Waals surface area contributed by atoms with Crippen LogP contribution in [0.1, 0.15) is 25.0 Å². The second kappa shape index (κ2) is 2.94. The number of rotatable bonds is 3. The highest BCUT2D eigenvalue weighted by Gasteiger charge is 2.47. The van der Waals surface area contributed by atoms with E-state index in [4.69, 9.17) is 0 Å². The van der Waals surface area contributed by atoms with Gasteiger partial charge in [0, 0.05) is 18.4 Å². The fourth-order valence-electron chi connectivity index (χ4n) is 2.15. The first-order valence-electron chi connectivity index (χ1n) is 5.39. The summed E-state index contributed by atoms with van der Waals surface area (Å²) >= 11 is 0. The molecular formula is C11H15N3. The minimum absolute atomic E-state index is 0.679. The van der Waals surface area contributed by atoms with Crippen LogP contribution in [0.4, 0.5) is 5.82 Å². The summed E-state index contributed by atoms with van der Waals surface area (Å²) in [6.07, 6.45) is 7.72. The number of aryl methyl sites for hydroxylation is 1. The molecular weight excluding hydrogens is 174 g/mol. The Morgan fingerprint density at radius 2 is 2.07 bits per heavy atom. The lowest BCUT2D eigenvalue weighted by Crippen LogP contribution is -2.08. The standard InChI is InChI=1S/C11H15N3/c1-7-11(13-5-4-12-7)14-10-6-9(10)8-2-3-8/h4-5,8-10H,2-3,6H2,1H3,(H,13,14). The molecule has 0 aromatic carbocycles. The van der Waals surface area contributed by atoms with Crippen molar-refractivity contribution in [3.05, 3.63) is 18.1 Å². The quantitative estimate of drug-likeness (QED) is 0.790. The number of anilines is 1. The van der Waals surface area contributed by atoms with Gasteiger partial charge in [0.15, 0.2) is 0 Å². The zero-order valence-electron chi connectivity index (χ0n) is 8.40. The molecule has 1 aromatic heterocycles. The SMILES string of the molecule is Cc1nccnc1NC1CC1C1CC1. The van der Waals surface area contributed by atoms with E-state index in [2.05, 4.69) is 15.3 Å². The van der Waals surface area contributed by atoms with E-state index >= 15 is 0 Å². The molecule has 0 amide bonds. The van der Waals surface area contributed by atoms with Crippen LogP contribution in [0.3, 0.4) is 0 Å². The van der Waals surface area contributed by atoms with Crippen molar-refractivity contribution in [2.45, 2.75) is 32.2 Å². The molecule has 2 unspecified atom stereocenters. The van der Waals surface area contributed by atoms with E-state index in [0.717, 1.165) is 23.3 Å². The Kier molecular flexibility index (Phi) is 1.72. The first kappa shape index (κ1) is 8.21. The van der Waals surface area contributed by atoms with Crippen molar-refractivity contribution in [3.63, 3.8) is 0 Å². The van der Waals surface area contributed by atoms with Gasteiger partial charge in [0.05, 0.1) is 5.69 Å². The van der Waals surface area contributed by atoms with Crippen LogP contribution in [0.15, 0.2) is 12.4 Å². The Morgan fingerprint density at radius 1 is 1.29 bits per heavy atom. The molecule has 1 heterocycles. The van der Waals surface area contributed by atoms with E-state index in [0.29, 0.717) is 6.04 Å². The van der Waals surface area contributed by atoms with Crippen LogP contribution in [0.2, 0.25) is 0 Å². The highest BCUT2D eigenvalue weighted by Crippen LogP contribution is 2.50. The third kappa shape index (κ3) is 1.47. The summed E-state index contributed by atoms with van der Waals surface area (Å²) in [5.74, 6) is 2.92. The minimum Gasteiger partial charge on any atom is -0.366 e. The zero-order valence-corrected chi connectivity index (χ0v) is 8.40. The molecule has 3 nitrogen and oxygen atoms in total. The van der Waals surface area contributed by atoms with Gasteiger partial charge in [-0.25, -0.2) is 4.98 Å². The summed E-state index contributed by atoms with van der Waals surface area (Å²) in [6, 6.07) is 0.679. The molecule has 0 radical (unpaired) electrons. The Balaban J connectivity index is 1.65. The average molecular weight is 189 g/mol. The normalized spacial score (nSPS) is 30.1. The summed E-state index contributed by atoms with van der Waals surface area (Å²) in [5, 5.41) is 3.48. The van der Waals surface area contributed by atoms with Crippen LogP contribution in [0.25, 0.3) is 0 Å². The van der Waals surface area contributed by atoms with Crippen molar-refractivity contribution in [2.24, 2.45) is 11.8 Å². The largest absolute Gasteiger partial charge is 0.366 e.